The van der Waals surface area contributed by atoms with Crippen LogP contribution in [0.2, 0.25) is 0 Å². The zero-order chi connectivity index (χ0) is 17.8. The second-order valence-electron chi connectivity index (χ2n) is 4.80. The number of rotatable bonds is 12. The van der Waals surface area contributed by atoms with Crippen LogP contribution in [0.4, 0.5) is 0 Å². The van der Waals surface area contributed by atoms with Crippen LogP contribution in [0, 0.1) is 0 Å². The van der Waals surface area contributed by atoms with Gasteiger partial charge in [-0.15, -0.1) is 0 Å². The maximum absolute atomic E-state index is 11.7. The molecule has 0 radical (unpaired) electrons. The molecule has 0 aliphatic heterocycles. The number of nitrogens with one attached hydrogen (secondary N) is 2. The van der Waals surface area contributed by atoms with Gasteiger partial charge in [-0.25, -0.2) is 0 Å². The molecule has 0 rings (SSSR count). The Balaban J connectivity index is 4.59. The topological polar surface area (TPSA) is 180 Å². The average molecular weight is 337 g/mol. The number of amides is 2. The van der Waals surface area contributed by atoms with Crippen molar-refractivity contribution in [2.24, 2.45) is 0 Å². The van der Waals surface area contributed by atoms with Crippen molar-refractivity contribution in [2.45, 2.75) is 12.1 Å². The maximum atomic E-state index is 11.7. The lowest BCUT2D eigenvalue weighted by Crippen LogP contribution is -2.50. The van der Waals surface area contributed by atoms with Gasteiger partial charge in [0.15, 0.2) is 0 Å². The first-order valence-electron chi connectivity index (χ1n) is 6.82. The van der Waals surface area contributed by atoms with Crippen molar-refractivity contribution in [1.29, 1.82) is 0 Å². The number of aliphatic hydroxyl groups excluding tert-OH is 4. The molecule has 0 aromatic heterocycles. The maximum Gasteiger partial charge on any atom is 0.317 e. The second-order valence-corrected chi connectivity index (χ2v) is 4.80. The molecule has 0 bridgehead atoms. The molecule has 11 heteroatoms. The van der Waals surface area contributed by atoms with Crippen LogP contribution in [0.25, 0.3) is 0 Å². The van der Waals surface area contributed by atoms with Gasteiger partial charge in [0.1, 0.15) is 0 Å². The van der Waals surface area contributed by atoms with Crippen molar-refractivity contribution in [3.8, 4) is 0 Å². The highest BCUT2D eigenvalue weighted by Gasteiger charge is 2.20. The quantitative estimate of drug-likeness (QED) is 0.184. The summed E-state index contributed by atoms with van der Waals surface area (Å²) < 4.78 is 0. The summed E-state index contributed by atoms with van der Waals surface area (Å²) in [6.45, 7) is -3.44. The van der Waals surface area contributed by atoms with E-state index >= 15 is 0 Å². The highest BCUT2D eigenvalue weighted by molar-refractivity contribution is 5.82. The van der Waals surface area contributed by atoms with Crippen molar-refractivity contribution in [2.75, 3.05) is 46.1 Å². The van der Waals surface area contributed by atoms with Gasteiger partial charge in [-0.2, -0.15) is 0 Å². The Kier molecular flexibility index (Phi) is 10.8. The molecule has 0 heterocycles. The summed E-state index contributed by atoms with van der Waals surface area (Å²) in [5, 5.41) is 48.8. The predicted molar refractivity (Wildman–Crippen MR) is 76.3 cm³/mol. The van der Waals surface area contributed by atoms with E-state index in [1.54, 1.807) is 0 Å². The van der Waals surface area contributed by atoms with Gasteiger partial charge >= 0.3 is 5.97 Å². The molecule has 7 N–H and O–H groups in total. The summed E-state index contributed by atoms with van der Waals surface area (Å²) in [5.41, 5.74) is 0. The van der Waals surface area contributed by atoms with Gasteiger partial charge < -0.3 is 36.2 Å². The van der Waals surface area contributed by atoms with Crippen LogP contribution in [0.5, 0.6) is 0 Å². The fourth-order valence-corrected chi connectivity index (χ4v) is 1.61. The smallest absolute Gasteiger partial charge is 0.317 e. The number of carboxylic acids is 1. The summed E-state index contributed by atoms with van der Waals surface area (Å²) in [4.78, 5) is 35.2. The van der Waals surface area contributed by atoms with Crippen molar-refractivity contribution in [3.05, 3.63) is 0 Å². The Morgan fingerprint density at radius 1 is 0.739 bits per heavy atom. The van der Waals surface area contributed by atoms with Crippen LogP contribution < -0.4 is 10.6 Å². The minimum Gasteiger partial charge on any atom is -0.480 e. The predicted octanol–water partition coefficient (Wildman–Crippen LogP) is -4.69. The number of nitrogens with zero attached hydrogens (tertiary/aromatic N) is 1. The van der Waals surface area contributed by atoms with Gasteiger partial charge in [-0.05, 0) is 0 Å². The highest BCUT2D eigenvalue weighted by atomic mass is 16.4. The van der Waals surface area contributed by atoms with Gasteiger partial charge in [0.05, 0.1) is 58.1 Å². The minimum atomic E-state index is -1.26. The van der Waals surface area contributed by atoms with E-state index in [0.717, 1.165) is 4.90 Å². The van der Waals surface area contributed by atoms with Gasteiger partial charge in [0, 0.05) is 0 Å². The van der Waals surface area contributed by atoms with Gasteiger partial charge in [0.25, 0.3) is 0 Å². The molecule has 0 unspecified atom stereocenters. The first-order valence-corrected chi connectivity index (χ1v) is 6.82. The van der Waals surface area contributed by atoms with E-state index in [0.29, 0.717) is 0 Å². The zero-order valence-electron chi connectivity index (χ0n) is 12.5. The van der Waals surface area contributed by atoms with Crippen LogP contribution in [0.1, 0.15) is 0 Å². The standard InChI is InChI=1S/C12H23N3O8/c16-4-8(5-17)13-10(20)1-15(3-12(22)23)2-11(21)14-9(6-18)7-19/h8-9,16-19H,1-7H2,(H,13,20)(H,14,21)(H,22,23). The Labute approximate surface area is 132 Å². The fraction of sp³-hybridized carbons (Fsp3) is 0.750. The molecule has 23 heavy (non-hydrogen) atoms. The molecular weight excluding hydrogens is 314 g/mol. The van der Waals surface area contributed by atoms with Gasteiger partial charge in [-0.3, -0.25) is 19.3 Å². The summed E-state index contributed by atoms with van der Waals surface area (Å²) in [7, 11) is 0. The number of hydrogen-bond acceptors (Lipinski definition) is 8. The van der Waals surface area contributed by atoms with E-state index in [9.17, 15) is 14.4 Å². The highest BCUT2D eigenvalue weighted by Crippen LogP contribution is 1.92. The Morgan fingerprint density at radius 2 is 1.09 bits per heavy atom. The molecule has 0 aromatic carbocycles. The first kappa shape index (κ1) is 21.2. The molecule has 0 aliphatic rings. The normalized spacial score (nSPS) is 11.1. The summed E-state index contributed by atoms with van der Waals surface area (Å²) in [6, 6.07) is -1.76. The second kappa shape index (κ2) is 11.7. The Bertz CT molecular complexity index is 357. The van der Waals surface area contributed by atoms with Gasteiger partial charge in [-0.1, -0.05) is 0 Å². The van der Waals surface area contributed by atoms with Crippen molar-refractivity contribution >= 4 is 17.8 Å². The molecule has 0 atom stereocenters. The number of carboxylic acid groups (broad SMARTS) is 1. The number of hydrogen-bond donors (Lipinski definition) is 7. The SMILES string of the molecule is O=C(O)CN(CC(=O)NC(CO)CO)CC(=O)NC(CO)CO. The Hall–Kier alpha value is -1.79. The summed E-state index contributed by atoms with van der Waals surface area (Å²) in [6.07, 6.45) is 0. The van der Waals surface area contributed by atoms with Gasteiger partial charge in [0.2, 0.25) is 11.8 Å². The molecule has 11 nitrogen and oxygen atoms in total. The van der Waals surface area contributed by atoms with E-state index in [1.165, 1.54) is 0 Å². The number of carbonyl (C=O) groups excluding carboxylic acids is 2. The largest absolute Gasteiger partial charge is 0.480 e. The van der Waals surface area contributed by atoms with E-state index in [1.807, 2.05) is 0 Å². The molecule has 0 saturated carbocycles. The third kappa shape index (κ3) is 9.76. The third-order valence-electron chi connectivity index (χ3n) is 2.71. The fourth-order valence-electron chi connectivity index (χ4n) is 1.61. The number of carbonyl (C=O) groups is 3. The summed E-state index contributed by atoms with van der Waals surface area (Å²) in [5.74, 6) is -2.60. The van der Waals surface area contributed by atoms with Crippen molar-refractivity contribution in [3.63, 3.8) is 0 Å². The van der Waals surface area contributed by atoms with Crippen LogP contribution in [-0.2, 0) is 14.4 Å². The van der Waals surface area contributed by atoms with Crippen LogP contribution >= 0.6 is 0 Å². The lowest BCUT2D eigenvalue weighted by Gasteiger charge is -2.22. The molecule has 134 valence electrons. The first-order chi connectivity index (χ1) is 10.9. The van der Waals surface area contributed by atoms with Crippen molar-refractivity contribution in [1.82, 2.24) is 15.5 Å². The van der Waals surface area contributed by atoms with E-state index in [-0.39, 0.29) is 0 Å². The third-order valence-corrected chi connectivity index (χ3v) is 2.71. The monoisotopic (exact) mass is 337 g/mol. The minimum absolute atomic E-state index is 0.445. The van der Waals surface area contributed by atoms with E-state index in [4.69, 9.17) is 25.5 Å². The van der Waals surface area contributed by atoms with Crippen LogP contribution in [0.3, 0.4) is 0 Å². The molecule has 2 amide bonds. The van der Waals surface area contributed by atoms with E-state index < -0.39 is 75.9 Å². The zero-order valence-corrected chi connectivity index (χ0v) is 12.5. The van der Waals surface area contributed by atoms with Crippen LogP contribution in [-0.4, -0.2) is 106 Å². The molecule has 0 aromatic rings. The lowest BCUT2D eigenvalue weighted by atomic mass is 10.3. The number of aliphatic carboxylic acids is 1. The molecular formula is C12H23N3O8. The van der Waals surface area contributed by atoms with E-state index in [2.05, 4.69) is 10.6 Å². The lowest BCUT2D eigenvalue weighted by molar-refractivity contribution is -0.139. The summed E-state index contributed by atoms with van der Waals surface area (Å²) >= 11 is 0. The Morgan fingerprint density at radius 3 is 1.35 bits per heavy atom. The molecule has 0 spiro atoms. The van der Waals surface area contributed by atoms with Crippen LogP contribution in [0.15, 0.2) is 0 Å². The average Bonchev–Trinajstić information content (AvgIpc) is 2.49. The molecule has 0 aliphatic carbocycles. The number of aliphatic hydroxyl groups is 4. The van der Waals surface area contributed by atoms with Crippen molar-refractivity contribution < 1.29 is 39.9 Å². The molecule has 0 fully saturated rings. The molecule has 0 saturated heterocycles.